The van der Waals surface area contributed by atoms with Crippen LogP contribution in [0.25, 0.3) is 0 Å². The molecule has 0 radical (unpaired) electrons. The van der Waals surface area contributed by atoms with Crippen LogP contribution in [-0.4, -0.2) is 11.3 Å². The van der Waals surface area contributed by atoms with Gasteiger partial charge in [-0.05, 0) is 54.1 Å². The lowest BCUT2D eigenvalue weighted by Gasteiger charge is -2.17. The van der Waals surface area contributed by atoms with Gasteiger partial charge in [-0.25, -0.2) is 4.99 Å². The molecule has 3 nitrogen and oxygen atoms in total. The summed E-state index contributed by atoms with van der Waals surface area (Å²) >= 11 is 7.61. The van der Waals surface area contributed by atoms with Crippen LogP contribution < -0.4 is 0 Å². The number of ether oxygens (including phenoxy) is 1. The van der Waals surface area contributed by atoms with Crippen molar-refractivity contribution in [3.05, 3.63) is 101 Å². The molecule has 2 atom stereocenters. The molecule has 0 aliphatic carbocycles. The van der Waals surface area contributed by atoms with Crippen molar-refractivity contribution in [1.82, 2.24) is 0 Å². The topological polar surface area (TPSA) is 45.4 Å². The zero-order valence-electron chi connectivity index (χ0n) is 14.2. The van der Waals surface area contributed by atoms with Gasteiger partial charge in [-0.3, -0.25) is 0 Å². The van der Waals surface area contributed by atoms with Crippen molar-refractivity contribution in [2.45, 2.75) is 16.4 Å². The number of thioether (sulfide) groups is 1. The summed E-state index contributed by atoms with van der Waals surface area (Å²) in [6.07, 6.45) is 0. The fraction of sp³-hybridized carbons (Fsp3) is 0.0909. The van der Waals surface area contributed by atoms with E-state index in [0.717, 1.165) is 16.0 Å². The highest BCUT2D eigenvalue weighted by molar-refractivity contribution is 7.99. The van der Waals surface area contributed by atoms with Crippen molar-refractivity contribution in [3.8, 4) is 6.07 Å². The second-order valence-corrected chi connectivity index (χ2v) is 7.65. The van der Waals surface area contributed by atoms with Gasteiger partial charge in [0.05, 0.1) is 11.6 Å². The number of nitrogens with zero attached hydrogens (tertiary/aromatic N) is 2. The summed E-state index contributed by atoms with van der Waals surface area (Å²) in [5.41, 5.74) is 2.41. The highest BCUT2D eigenvalue weighted by atomic mass is 35.5. The van der Waals surface area contributed by atoms with Crippen molar-refractivity contribution in [2.24, 2.45) is 4.99 Å². The van der Waals surface area contributed by atoms with Crippen molar-refractivity contribution >= 4 is 29.3 Å². The standard InChI is InChI=1S/C22H15ClN2OS/c23-18-10-12-19(13-11-18)27-22-20(16-8-6-15(14-24)7-9-16)25-21(26-22)17-4-2-1-3-5-17/h1-13,20,22H. The number of nitriles is 1. The van der Waals surface area contributed by atoms with Crippen LogP contribution in [0.2, 0.25) is 5.02 Å². The molecule has 132 valence electrons. The first kappa shape index (κ1) is 17.7. The van der Waals surface area contributed by atoms with E-state index in [1.807, 2.05) is 78.9 Å². The van der Waals surface area contributed by atoms with Gasteiger partial charge in [0.1, 0.15) is 6.04 Å². The highest BCUT2D eigenvalue weighted by Gasteiger charge is 2.33. The third kappa shape index (κ3) is 4.00. The monoisotopic (exact) mass is 390 g/mol. The second kappa shape index (κ2) is 7.87. The van der Waals surface area contributed by atoms with Gasteiger partial charge in [0.15, 0.2) is 5.44 Å². The van der Waals surface area contributed by atoms with Crippen LogP contribution in [0.4, 0.5) is 0 Å². The lowest BCUT2D eigenvalue weighted by Crippen LogP contribution is -2.13. The lowest BCUT2D eigenvalue weighted by atomic mass is 10.1. The Morgan fingerprint density at radius 3 is 2.30 bits per heavy atom. The number of halogens is 1. The van der Waals surface area contributed by atoms with E-state index < -0.39 is 0 Å². The third-order valence-corrected chi connectivity index (χ3v) is 5.59. The van der Waals surface area contributed by atoms with Crippen LogP contribution in [0.1, 0.15) is 22.7 Å². The zero-order chi connectivity index (χ0) is 18.6. The molecule has 0 saturated heterocycles. The summed E-state index contributed by atoms with van der Waals surface area (Å²) in [6, 6.07) is 27.1. The van der Waals surface area contributed by atoms with Gasteiger partial charge in [0.2, 0.25) is 5.90 Å². The Bertz CT molecular complexity index is 995. The van der Waals surface area contributed by atoms with E-state index in [-0.39, 0.29) is 11.5 Å². The molecular formula is C22H15ClN2OS. The molecular weight excluding hydrogens is 376 g/mol. The smallest absolute Gasteiger partial charge is 0.218 e. The molecule has 0 spiro atoms. The summed E-state index contributed by atoms with van der Waals surface area (Å²) in [7, 11) is 0. The summed E-state index contributed by atoms with van der Waals surface area (Å²) in [5, 5.41) is 9.74. The molecule has 4 rings (SSSR count). The van der Waals surface area contributed by atoms with Gasteiger partial charge in [-0.1, -0.05) is 53.7 Å². The van der Waals surface area contributed by atoms with Crippen LogP contribution in [-0.2, 0) is 4.74 Å². The van der Waals surface area contributed by atoms with Gasteiger partial charge >= 0.3 is 0 Å². The van der Waals surface area contributed by atoms with Crippen LogP contribution in [0.3, 0.4) is 0 Å². The fourth-order valence-electron chi connectivity index (χ4n) is 2.84. The van der Waals surface area contributed by atoms with E-state index in [1.165, 1.54) is 0 Å². The Morgan fingerprint density at radius 1 is 0.926 bits per heavy atom. The highest BCUT2D eigenvalue weighted by Crippen LogP contribution is 2.40. The minimum atomic E-state index is -0.200. The van der Waals surface area contributed by atoms with E-state index >= 15 is 0 Å². The Morgan fingerprint density at radius 2 is 1.63 bits per heavy atom. The van der Waals surface area contributed by atoms with Crippen molar-refractivity contribution in [1.29, 1.82) is 5.26 Å². The van der Waals surface area contributed by atoms with Crippen LogP contribution in [0.15, 0.2) is 88.8 Å². The van der Waals surface area contributed by atoms with Gasteiger partial charge in [0.25, 0.3) is 0 Å². The van der Waals surface area contributed by atoms with Gasteiger partial charge in [-0.2, -0.15) is 5.26 Å². The molecule has 3 aromatic carbocycles. The Labute approximate surface area is 167 Å². The maximum Gasteiger partial charge on any atom is 0.218 e. The molecule has 2 unspecified atom stereocenters. The zero-order valence-corrected chi connectivity index (χ0v) is 15.8. The lowest BCUT2D eigenvalue weighted by molar-refractivity contribution is 0.284. The maximum absolute atomic E-state index is 9.04. The normalized spacial score (nSPS) is 18.4. The van der Waals surface area contributed by atoms with E-state index in [2.05, 4.69) is 6.07 Å². The average molecular weight is 391 g/mol. The predicted octanol–water partition coefficient (Wildman–Crippen LogP) is 5.85. The van der Waals surface area contributed by atoms with E-state index in [0.29, 0.717) is 16.5 Å². The molecule has 0 aromatic heterocycles. The number of hydrogen-bond donors (Lipinski definition) is 0. The number of hydrogen-bond acceptors (Lipinski definition) is 4. The molecule has 1 aliphatic heterocycles. The Balaban J connectivity index is 1.65. The fourth-order valence-corrected chi connectivity index (χ4v) is 4.01. The maximum atomic E-state index is 9.04. The summed E-state index contributed by atoms with van der Waals surface area (Å²) < 4.78 is 6.22. The van der Waals surface area contributed by atoms with Gasteiger partial charge in [-0.15, -0.1) is 0 Å². The van der Waals surface area contributed by atoms with E-state index in [1.54, 1.807) is 11.8 Å². The summed E-state index contributed by atoms with van der Waals surface area (Å²) in [4.78, 5) is 5.91. The quantitative estimate of drug-likeness (QED) is 0.561. The summed E-state index contributed by atoms with van der Waals surface area (Å²) in [5.74, 6) is 0.636. The van der Waals surface area contributed by atoms with Crippen molar-refractivity contribution in [2.75, 3.05) is 0 Å². The minimum absolute atomic E-state index is 0.159. The van der Waals surface area contributed by atoms with Gasteiger partial charge in [0, 0.05) is 15.5 Å². The molecule has 0 saturated carbocycles. The Hall–Kier alpha value is -2.74. The first-order chi connectivity index (χ1) is 13.2. The number of aliphatic imine (C=N–C) groups is 1. The molecule has 0 N–H and O–H groups in total. The Kier molecular flexibility index (Phi) is 5.15. The molecule has 3 aromatic rings. The van der Waals surface area contributed by atoms with Crippen LogP contribution in [0, 0.1) is 11.3 Å². The molecule has 5 heteroatoms. The van der Waals surface area contributed by atoms with Crippen LogP contribution >= 0.6 is 23.4 Å². The second-order valence-electron chi connectivity index (χ2n) is 6.04. The van der Waals surface area contributed by atoms with Crippen molar-refractivity contribution in [3.63, 3.8) is 0 Å². The average Bonchev–Trinajstić information content (AvgIpc) is 3.14. The SMILES string of the molecule is N#Cc1ccc(C2N=C(c3ccccc3)OC2Sc2ccc(Cl)cc2)cc1. The number of rotatable bonds is 4. The summed E-state index contributed by atoms with van der Waals surface area (Å²) in [6.45, 7) is 0. The third-order valence-electron chi connectivity index (χ3n) is 4.21. The van der Waals surface area contributed by atoms with E-state index in [4.69, 9.17) is 26.6 Å². The minimum Gasteiger partial charge on any atom is -0.460 e. The largest absolute Gasteiger partial charge is 0.460 e. The predicted molar refractivity (Wildman–Crippen MR) is 109 cm³/mol. The molecule has 0 fully saturated rings. The first-order valence-corrected chi connectivity index (χ1v) is 9.71. The molecule has 1 heterocycles. The first-order valence-electron chi connectivity index (χ1n) is 8.45. The number of benzene rings is 3. The molecule has 1 aliphatic rings. The van der Waals surface area contributed by atoms with Crippen LogP contribution in [0.5, 0.6) is 0 Å². The van der Waals surface area contributed by atoms with Crippen molar-refractivity contribution < 1.29 is 4.74 Å². The van der Waals surface area contributed by atoms with E-state index in [9.17, 15) is 0 Å². The molecule has 0 bridgehead atoms. The molecule has 0 amide bonds. The molecule has 27 heavy (non-hydrogen) atoms. The van der Waals surface area contributed by atoms with Gasteiger partial charge < -0.3 is 4.74 Å².